The fraction of sp³-hybridized carbons (Fsp3) is 0.948. The lowest BCUT2D eigenvalue weighted by atomic mass is 10.0. The number of carbonyl (C=O) groups excluding carboxylic acids is 2. The summed E-state index contributed by atoms with van der Waals surface area (Å²) in [4.78, 5) is 37.4. The van der Waals surface area contributed by atoms with Crippen LogP contribution < -0.4 is 0 Å². The van der Waals surface area contributed by atoms with Gasteiger partial charge in [0.15, 0.2) is 6.10 Å². The topological polar surface area (TPSA) is 108 Å². The molecule has 0 saturated heterocycles. The van der Waals surface area contributed by atoms with Crippen LogP contribution >= 0.6 is 0 Å². The summed E-state index contributed by atoms with van der Waals surface area (Å²) in [7, 11) is 5.98. The summed E-state index contributed by atoms with van der Waals surface area (Å²) in [5.74, 6) is -1.97. The number of nitrogens with zero attached hydrogens (tertiary/aromatic N) is 1. The van der Waals surface area contributed by atoms with E-state index in [1.807, 2.05) is 21.1 Å². The predicted octanol–water partition coefficient (Wildman–Crippen LogP) is 16.8. The molecule has 0 aromatic rings. The van der Waals surface area contributed by atoms with Crippen LogP contribution in [-0.4, -0.2) is 87.4 Å². The number of unbranched alkanes of at least 4 members (excludes halogenated alkanes) is 40. The minimum atomic E-state index is -1.50. The third-order valence-corrected chi connectivity index (χ3v) is 13.4. The van der Waals surface area contributed by atoms with E-state index in [2.05, 4.69) is 13.8 Å². The molecule has 0 amide bonds. The monoisotopic (exact) mass is 953 g/mol. The van der Waals surface area contributed by atoms with Crippen molar-refractivity contribution in [3.63, 3.8) is 0 Å². The molecule has 0 aromatic carbocycles. The summed E-state index contributed by atoms with van der Waals surface area (Å²) in [5, 5.41) is 9.69. The number of carboxylic acid groups (broad SMARTS) is 1. The maximum atomic E-state index is 12.9. The number of ether oxygens (including phenoxy) is 4. The molecule has 9 nitrogen and oxygen atoms in total. The number of aliphatic carboxylic acids is 1. The molecule has 0 aliphatic rings. The van der Waals surface area contributed by atoms with E-state index in [-0.39, 0.29) is 38.2 Å². The van der Waals surface area contributed by atoms with Crippen molar-refractivity contribution in [2.75, 3.05) is 47.5 Å². The van der Waals surface area contributed by atoms with E-state index in [0.717, 1.165) is 38.5 Å². The van der Waals surface area contributed by atoms with Crippen LogP contribution in [0.5, 0.6) is 0 Å². The Morgan fingerprint density at radius 1 is 0.388 bits per heavy atom. The van der Waals surface area contributed by atoms with Gasteiger partial charge in [-0.05, 0) is 12.8 Å². The molecule has 0 heterocycles. The zero-order chi connectivity index (χ0) is 49.2. The lowest BCUT2D eigenvalue weighted by molar-refractivity contribution is -0.870. The number of likely N-dealkylation sites (N-methyl/N-ethyl adjacent to an activating group) is 1. The Balaban J connectivity index is 4.12. The summed E-state index contributed by atoms with van der Waals surface area (Å²) in [6, 6.07) is 0. The van der Waals surface area contributed by atoms with E-state index in [4.69, 9.17) is 18.9 Å². The SMILES string of the molecule is CCCCCCCCCCCCCCCCCCCCCCCCCCCCCC(=O)OC(COC(=O)CCCCCCCCCCCCCCCCC)COC(OCC[N+](C)(C)C)C(=O)O. The molecule has 0 fully saturated rings. The molecule has 0 aliphatic carbocycles. The van der Waals surface area contributed by atoms with Gasteiger partial charge in [-0.3, -0.25) is 9.59 Å². The van der Waals surface area contributed by atoms with Crippen molar-refractivity contribution in [1.29, 1.82) is 0 Å². The average molecular weight is 954 g/mol. The van der Waals surface area contributed by atoms with E-state index in [1.165, 1.54) is 231 Å². The van der Waals surface area contributed by atoms with Gasteiger partial charge >= 0.3 is 17.9 Å². The Hall–Kier alpha value is -1.71. The van der Waals surface area contributed by atoms with Gasteiger partial charge in [0.2, 0.25) is 0 Å². The number of carboxylic acids is 1. The third-order valence-electron chi connectivity index (χ3n) is 13.4. The molecule has 0 rings (SSSR count). The van der Waals surface area contributed by atoms with Gasteiger partial charge in [-0.2, -0.15) is 0 Å². The molecule has 0 aromatic heterocycles. The Morgan fingerprint density at radius 3 is 0.955 bits per heavy atom. The van der Waals surface area contributed by atoms with Gasteiger partial charge in [0.1, 0.15) is 13.2 Å². The first-order valence-electron chi connectivity index (χ1n) is 29.2. The Bertz CT molecular complexity index is 1060. The van der Waals surface area contributed by atoms with Gasteiger partial charge in [-0.15, -0.1) is 0 Å². The van der Waals surface area contributed by atoms with Gasteiger partial charge in [-0.25, -0.2) is 4.79 Å². The summed E-state index contributed by atoms with van der Waals surface area (Å²) in [5.41, 5.74) is 0. The first-order valence-corrected chi connectivity index (χ1v) is 29.2. The van der Waals surface area contributed by atoms with Crippen molar-refractivity contribution < 1.29 is 42.9 Å². The number of hydrogen-bond donors (Lipinski definition) is 1. The number of rotatable bonds is 55. The molecule has 0 aliphatic heterocycles. The molecule has 1 N–H and O–H groups in total. The van der Waals surface area contributed by atoms with Crippen LogP contribution in [0.1, 0.15) is 296 Å². The van der Waals surface area contributed by atoms with E-state index in [1.54, 1.807) is 0 Å². The van der Waals surface area contributed by atoms with Crippen LogP contribution in [0.2, 0.25) is 0 Å². The van der Waals surface area contributed by atoms with Crippen LogP contribution in [0.4, 0.5) is 0 Å². The van der Waals surface area contributed by atoms with Gasteiger partial charge in [-0.1, -0.05) is 271 Å². The highest BCUT2D eigenvalue weighted by Gasteiger charge is 2.25. The number of hydrogen-bond acceptors (Lipinski definition) is 7. The highest BCUT2D eigenvalue weighted by atomic mass is 16.7. The largest absolute Gasteiger partial charge is 0.477 e. The molecule has 0 saturated carbocycles. The van der Waals surface area contributed by atoms with Crippen molar-refractivity contribution in [2.24, 2.45) is 0 Å². The van der Waals surface area contributed by atoms with Crippen molar-refractivity contribution in [1.82, 2.24) is 0 Å². The lowest BCUT2D eigenvalue weighted by Gasteiger charge is -2.25. The molecule has 9 heteroatoms. The van der Waals surface area contributed by atoms with Crippen molar-refractivity contribution >= 4 is 17.9 Å². The highest BCUT2D eigenvalue weighted by molar-refractivity contribution is 5.71. The second kappa shape index (κ2) is 50.7. The van der Waals surface area contributed by atoms with Gasteiger partial charge in [0.05, 0.1) is 34.4 Å². The Morgan fingerprint density at radius 2 is 0.672 bits per heavy atom. The lowest BCUT2D eigenvalue weighted by Crippen LogP contribution is -2.40. The molecular weight excluding hydrogens is 839 g/mol. The zero-order valence-corrected chi connectivity index (χ0v) is 45.3. The standard InChI is InChI=1S/C58H113NO8/c1-6-8-10-12-14-16-18-20-22-23-24-25-26-27-28-29-30-31-32-33-35-37-39-41-43-45-47-49-56(61)67-54(53-66-58(57(62)63)64-51-50-59(3,4)5)52-65-55(60)48-46-44-42-40-38-36-34-21-19-17-15-13-11-9-7-2/h54,58H,6-53H2,1-5H3/p+1. The fourth-order valence-electron chi connectivity index (χ4n) is 8.84. The van der Waals surface area contributed by atoms with E-state index in [0.29, 0.717) is 17.4 Å². The van der Waals surface area contributed by atoms with Crippen LogP contribution in [0.15, 0.2) is 0 Å². The molecular formula is C58H114NO8+. The predicted molar refractivity (Wildman–Crippen MR) is 282 cm³/mol. The van der Waals surface area contributed by atoms with Crippen LogP contribution in [0.25, 0.3) is 0 Å². The third kappa shape index (κ3) is 52.0. The molecule has 2 unspecified atom stereocenters. The van der Waals surface area contributed by atoms with E-state index >= 15 is 0 Å². The van der Waals surface area contributed by atoms with Crippen LogP contribution in [0, 0.1) is 0 Å². The average Bonchev–Trinajstić information content (AvgIpc) is 3.29. The Labute approximate surface area is 415 Å². The molecule has 0 bridgehead atoms. The number of esters is 2. The first-order chi connectivity index (χ1) is 32.6. The normalized spacial score (nSPS) is 12.7. The smallest absolute Gasteiger partial charge is 0.361 e. The van der Waals surface area contributed by atoms with Gasteiger partial charge in [0.25, 0.3) is 6.29 Å². The summed E-state index contributed by atoms with van der Waals surface area (Å²) < 4.78 is 22.9. The maximum Gasteiger partial charge on any atom is 0.361 e. The fourth-order valence-corrected chi connectivity index (χ4v) is 8.84. The second-order valence-electron chi connectivity index (χ2n) is 21.3. The van der Waals surface area contributed by atoms with E-state index in [9.17, 15) is 19.5 Å². The Kier molecular flexibility index (Phi) is 49.4. The number of quaternary nitrogens is 1. The van der Waals surface area contributed by atoms with Crippen molar-refractivity contribution in [3.05, 3.63) is 0 Å². The molecule has 67 heavy (non-hydrogen) atoms. The van der Waals surface area contributed by atoms with E-state index < -0.39 is 18.4 Å². The first kappa shape index (κ1) is 65.3. The quantitative estimate of drug-likeness (QED) is 0.0278. The summed E-state index contributed by atoms with van der Waals surface area (Å²) in [6.07, 6.45) is 53.3. The summed E-state index contributed by atoms with van der Waals surface area (Å²) in [6.45, 7) is 4.94. The maximum absolute atomic E-state index is 12.9. The van der Waals surface area contributed by atoms with Crippen molar-refractivity contribution in [3.8, 4) is 0 Å². The minimum Gasteiger partial charge on any atom is -0.477 e. The van der Waals surface area contributed by atoms with Crippen LogP contribution in [-0.2, 0) is 33.3 Å². The highest BCUT2D eigenvalue weighted by Crippen LogP contribution is 2.18. The number of carbonyl (C=O) groups is 3. The van der Waals surface area contributed by atoms with Crippen LogP contribution in [0.3, 0.4) is 0 Å². The molecule has 0 spiro atoms. The molecule has 2 atom stereocenters. The van der Waals surface area contributed by atoms with Crippen molar-refractivity contribution in [2.45, 2.75) is 309 Å². The summed E-state index contributed by atoms with van der Waals surface area (Å²) >= 11 is 0. The minimum absolute atomic E-state index is 0.173. The second-order valence-corrected chi connectivity index (χ2v) is 21.3. The molecule has 0 radical (unpaired) electrons. The zero-order valence-electron chi connectivity index (χ0n) is 45.3. The van der Waals surface area contributed by atoms with Gasteiger partial charge < -0.3 is 28.5 Å². The molecule has 398 valence electrons. The van der Waals surface area contributed by atoms with Gasteiger partial charge in [0, 0.05) is 12.8 Å².